The molecule has 110 valence electrons. The van der Waals surface area contributed by atoms with E-state index >= 15 is 0 Å². The molecule has 1 amide bonds. The molecule has 0 saturated carbocycles. The van der Waals surface area contributed by atoms with E-state index < -0.39 is 0 Å². The van der Waals surface area contributed by atoms with Crippen molar-refractivity contribution in [3.05, 3.63) is 23.4 Å². The average Bonchev–Trinajstić information content (AvgIpc) is 2.44. The molecule has 2 heterocycles. The first-order chi connectivity index (χ1) is 9.60. The number of carbonyl (C=O) groups excluding carboxylic acids is 1. The summed E-state index contributed by atoms with van der Waals surface area (Å²) < 4.78 is 5.49. The summed E-state index contributed by atoms with van der Waals surface area (Å²) in [7, 11) is 0. The van der Waals surface area contributed by atoms with Gasteiger partial charge in [0.15, 0.2) is 0 Å². The molecule has 0 radical (unpaired) electrons. The third-order valence-electron chi connectivity index (χ3n) is 3.39. The van der Waals surface area contributed by atoms with Gasteiger partial charge in [-0.15, -0.1) is 0 Å². The molecule has 0 atom stereocenters. The monoisotopic (exact) mass is 279 g/mol. The van der Waals surface area contributed by atoms with Crippen LogP contribution in [0.5, 0.6) is 0 Å². The fraction of sp³-hybridized carbons (Fsp3) is 0.571. The lowest BCUT2D eigenvalue weighted by Gasteiger charge is -2.32. The van der Waals surface area contributed by atoms with Crippen LogP contribution in [0.25, 0.3) is 0 Å². The number of aryl methyl sites for hydroxylation is 1. The maximum absolute atomic E-state index is 12.4. The van der Waals surface area contributed by atoms with Crippen molar-refractivity contribution in [1.29, 1.82) is 0 Å². The summed E-state index contributed by atoms with van der Waals surface area (Å²) in [5.41, 5.74) is 7.01. The maximum atomic E-state index is 12.4. The number of hydrogen-bond donors (Lipinski definition) is 2. The summed E-state index contributed by atoms with van der Waals surface area (Å²) in [6.45, 7) is 3.54. The van der Waals surface area contributed by atoms with Gasteiger partial charge >= 0.3 is 0 Å². The Hall–Kier alpha value is -1.66. The van der Waals surface area contributed by atoms with Crippen LogP contribution in [0, 0.1) is 6.92 Å². The second-order valence-electron chi connectivity index (χ2n) is 5.01. The van der Waals surface area contributed by atoms with Crippen LogP contribution >= 0.6 is 0 Å². The summed E-state index contributed by atoms with van der Waals surface area (Å²) in [5.74, 6) is 0.359. The zero-order chi connectivity index (χ0) is 14.5. The predicted octanol–water partition coefficient (Wildman–Crippen LogP) is 0.586. The maximum Gasteiger partial charge on any atom is 0.254 e. The van der Waals surface area contributed by atoms with Crippen LogP contribution in [-0.2, 0) is 4.74 Å². The largest absolute Gasteiger partial charge is 0.394 e. The highest BCUT2D eigenvalue weighted by Crippen LogP contribution is 2.17. The number of carbonyl (C=O) groups is 1. The minimum absolute atomic E-state index is 0.0113. The number of nitrogens with zero attached hydrogens (tertiary/aromatic N) is 2. The lowest BCUT2D eigenvalue weighted by atomic mass is 10.1. The van der Waals surface area contributed by atoms with Crippen molar-refractivity contribution in [2.75, 3.05) is 32.0 Å². The van der Waals surface area contributed by atoms with E-state index in [1.807, 2.05) is 11.8 Å². The topological polar surface area (TPSA) is 88.7 Å². The Morgan fingerprint density at radius 2 is 2.20 bits per heavy atom. The predicted molar refractivity (Wildman–Crippen MR) is 75.3 cm³/mol. The minimum atomic E-state index is -0.0113. The van der Waals surface area contributed by atoms with Crippen LogP contribution in [0.3, 0.4) is 0 Å². The van der Waals surface area contributed by atoms with Crippen LogP contribution in [0.1, 0.15) is 28.9 Å². The smallest absolute Gasteiger partial charge is 0.254 e. The van der Waals surface area contributed by atoms with Crippen LogP contribution in [0.15, 0.2) is 12.1 Å². The normalized spacial score (nSPS) is 16.4. The number of anilines is 1. The van der Waals surface area contributed by atoms with Gasteiger partial charge in [-0.05, 0) is 31.9 Å². The SMILES string of the molecule is Cc1cc(C(=O)N2CCC(OCCO)CC2)cc(N)n1. The molecule has 6 heteroatoms. The second kappa shape index (κ2) is 6.67. The van der Waals surface area contributed by atoms with E-state index in [4.69, 9.17) is 15.6 Å². The van der Waals surface area contributed by atoms with Crippen LogP contribution in [0.2, 0.25) is 0 Å². The summed E-state index contributed by atoms with van der Waals surface area (Å²) in [6.07, 6.45) is 1.73. The van der Waals surface area contributed by atoms with Crippen LogP contribution < -0.4 is 5.73 Å². The van der Waals surface area contributed by atoms with E-state index in [0.29, 0.717) is 31.1 Å². The van der Waals surface area contributed by atoms with E-state index in [2.05, 4.69) is 4.98 Å². The number of rotatable bonds is 4. The number of amides is 1. The van der Waals surface area contributed by atoms with E-state index in [1.54, 1.807) is 12.1 Å². The van der Waals surface area contributed by atoms with Gasteiger partial charge in [0.1, 0.15) is 5.82 Å². The first-order valence-electron chi connectivity index (χ1n) is 6.86. The van der Waals surface area contributed by atoms with Crippen molar-refractivity contribution in [2.45, 2.75) is 25.9 Å². The highest BCUT2D eigenvalue weighted by molar-refractivity contribution is 5.95. The molecule has 1 aliphatic heterocycles. The highest BCUT2D eigenvalue weighted by atomic mass is 16.5. The number of aliphatic hydroxyl groups is 1. The Bertz CT molecular complexity index is 450. The molecule has 1 aliphatic rings. The lowest BCUT2D eigenvalue weighted by molar-refractivity contribution is -0.00554. The first-order valence-corrected chi connectivity index (χ1v) is 6.86. The van der Waals surface area contributed by atoms with Crippen molar-refractivity contribution in [2.24, 2.45) is 0 Å². The quantitative estimate of drug-likeness (QED) is 0.842. The molecule has 3 N–H and O–H groups in total. The Labute approximate surface area is 118 Å². The number of piperidine rings is 1. The molecule has 0 aliphatic carbocycles. The molecule has 0 aromatic carbocycles. The van der Waals surface area contributed by atoms with Gasteiger partial charge in [-0.3, -0.25) is 4.79 Å². The lowest BCUT2D eigenvalue weighted by Crippen LogP contribution is -2.41. The number of likely N-dealkylation sites (tertiary alicyclic amines) is 1. The summed E-state index contributed by atoms with van der Waals surface area (Å²) in [6, 6.07) is 3.37. The van der Waals surface area contributed by atoms with Crippen molar-refractivity contribution >= 4 is 11.7 Å². The molecule has 1 aromatic rings. The van der Waals surface area contributed by atoms with E-state index in [9.17, 15) is 4.79 Å². The Morgan fingerprint density at radius 1 is 1.50 bits per heavy atom. The van der Waals surface area contributed by atoms with Gasteiger partial charge < -0.3 is 20.5 Å². The minimum Gasteiger partial charge on any atom is -0.394 e. The zero-order valence-electron chi connectivity index (χ0n) is 11.7. The zero-order valence-corrected chi connectivity index (χ0v) is 11.7. The molecular weight excluding hydrogens is 258 g/mol. The van der Waals surface area contributed by atoms with Crippen molar-refractivity contribution in [1.82, 2.24) is 9.88 Å². The Morgan fingerprint density at radius 3 is 2.80 bits per heavy atom. The summed E-state index contributed by atoms with van der Waals surface area (Å²) >= 11 is 0. The molecule has 1 saturated heterocycles. The Balaban J connectivity index is 1.94. The molecule has 0 unspecified atom stereocenters. The number of nitrogen functional groups attached to an aromatic ring is 1. The van der Waals surface area contributed by atoms with Gasteiger partial charge in [0.25, 0.3) is 5.91 Å². The molecule has 0 spiro atoms. The number of hydrogen-bond acceptors (Lipinski definition) is 5. The molecule has 1 fully saturated rings. The number of nitrogens with two attached hydrogens (primary N) is 1. The number of aliphatic hydroxyl groups excluding tert-OH is 1. The van der Waals surface area contributed by atoms with Crippen LogP contribution in [-0.4, -0.2) is 53.3 Å². The standard InChI is InChI=1S/C14H21N3O3/c1-10-8-11(9-13(15)16-10)14(19)17-4-2-12(3-5-17)20-7-6-18/h8-9,12,18H,2-7H2,1H3,(H2,15,16). The molecule has 0 bridgehead atoms. The van der Waals surface area contributed by atoms with E-state index in [-0.39, 0.29) is 18.6 Å². The highest BCUT2D eigenvalue weighted by Gasteiger charge is 2.24. The molecule has 2 rings (SSSR count). The van der Waals surface area contributed by atoms with Gasteiger partial charge in [0, 0.05) is 24.3 Å². The Kier molecular flexibility index (Phi) is 4.92. The number of ether oxygens (including phenoxy) is 1. The third-order valence-corrected chi connectivity index (χ3v) is 3.39. The van der Waals surface area contributed by atoms with E-state index in [1.165, 1.54) is 0 Å². The summed E-state index contributed by atoms with van der Waals surface area (Å²) in [4.78, 5) is 18.3. The number of pyridine rings is 1. The molecule has 1 aromatic heterocycles. The third kappa shape index (κ3) is 3.68. The van der Waals surface area contributed by atoms with Crippen molar-refractivity contribution < 1.29 is 14.6 Å². The van der Waals surface area contributed by atoms with Crippen molar-refractivity contribution in [3.63, 3.8) is 0 Å². The van der Waals surface area contributed by atoms with Gasteiger partial charge in [0.05, 0.1) is 19.3 Å². The van der Waals surface area contributed by atoms with Gasteiger partial charge in [0.2, 0.25) is 0 Å². The van der Waals surface area contributed by atoms with Gasteiger partial charge in [-0.1, -0.05) is 0 Å². The molecule has 20 heavy (non-hydrogen) atoms. The first kappa shape index (κ1) is 14.7. The van der Waals surface area contributed by atoms with E-state index in [0.717, 1.165) is 18.5 Å². The average molecular weight is 279 g/mol. The van der Waals surface area contributed by atoms with Gasteiger partial charge in [-0.25, -0.2) is 4.98 Å². The second-order valence-corrected chi connectivity index (χ2v) is 5.01. The van der Waals surface area contributed by atoms with Gasteiger partial charge in [-0.2, -0.15) is 0 Å². The molecular formula is C14H21N3O3. The van der Waals surface area contributed by atoms with Crippen molar-refractivity contribution in [3.8, 4) is 0 Å². The fourth-order valence-corrected chi connectivity index (χ4v) is 2.45. The summed E-state index contributed by atoms with van der Waals surface area (Å²) in [5, 5.41) is 8.73. The molecule has 6 nitrogen and oxygen atoms in total. The fourth-order valence-electron chi connectivity index (χ4n) is 2.45. The van der Waals surface area contributed by atoms with Crippen LogP contribution in [0.4, 0.5) is 5.82 Å². The number of aromatic nitrogens is 1.